The smallest absolute Gasteiger partial charge is 0.238 e. The van der Waals surface area contributed by atoms with E-state index in [1.165, 1.54) is 22.7 Å². The molecule has 0 unspecified atom stereocenters. The van der Waals surface area contributed by atoms with Crippen molar-refractivity contribution in [2.45, 2.75) is 29.5 Å². The lowest BCUT2D eigenvalue weighted by molar-refractivity contribution is -0.124. The van der Waals surface area contributed by atoms with Gasteiger partial charge < -0.3 is 15.2 Å². The monoisotopic (exact) mass is 379 g/mol. The number of aromatic nitrogens is 1. The van der Waals surface area contributed by atoms with Gasteiger partial charge in [-0.2, -0.15) is 0 Å². The number of carbonyl (C=O) groups excluding carboxylic acids is 2. The third-order valence-electron chi connectivity index (χ3n) is 4.66. The van der Waals surface area contributed by atoms with Crippen molar-refractivity contribution in [3.63, 3.8) is 0 Å². The molecule has 2 amide bonds. The van der Waals surface area contributed by atoms with Crippen molar-refractivity contribution in [1.29, 1.82) is 0 Å². The van der Waals surface area contributed by atoms with Crippen LogP contribution >= 0.6 is 11.8 Å². The highest BCUT2D eigenvalue weighted by atomic mass is 32.2. The van der Waals surface area contributed by atoms with Crippen LogP contribution in [0.2, 0.25) is 0 Å². The van der Waals surface area contributed by atoms with Gasteiger partial charge in [0.1, 0.15) is 0 Å². The molecule has 1 aromatic heterocycles. The lowest BCUT2D eigenvalue weighted by Gasteiger charge is -2.23. The molecule has 5 nitrogen and oxygen atoms in total. The summed E-state index contributed by atoms with van der Waals surface area (Å²) in [5.41, 5.74) is 2.03. The molecule has 0 bridgehead atoms. The molecule has 1 atom stereocenters. The van der Waals surface area contributed by atoms with Crippen molar-refractivity contribution < 1.29 is 9.59 Å². The van der Waals surface area contributed by atoms with Crippen LogP contribution in [0.1, 0.15) is 12.8 Å². The summed E-state index contributed by atoms with van der Waals surface area (Å²) in [5, 5.41) is 6.66. The molecule has 0 fully saturated rings. The van der Waals surface area contributed by atoms with Gasteiger partial charge in [0.15, 0.2) is 0 Å². The van der Waals surface area contributed by atoms with E-state index in [1.54, 1.807) is 0 Å². The molecule has 2 heterocycles. The summed E-state index contributed by atoms with van der Waals surface area (Å²) in [6.07, 6.45) is 3.11. The first-order valence-corrected chi connectivity index (χ1v) is 9.96. The van der Waals surface area contributed by atoms with Crippen LogP contribution in [0.4, 0.5) is 5.69 Å². The Bertz CT molecular complexity index is 982. The van der Waals surface area contributed by atoms with Crippen LogP contribution in [0.25, 0.3) is 10.9 Å². The van der Waals surface area contributed by atoms with Gasteiger partial charge in [0.2, 0.25) is 11.8 Å². The SMILES string of the molecule is O=C(C[C@@H]1Sc2ccccc2NC1=O)NCCCn1ccc2ccccc21. The molecule has 138 valence electrons. The zero-order chi connectivity index (χ0) is 18.6. The molecule has 2 N–H and O–H groups in total. The van der Waals surface area contributed by atoms with E-state index in [2.05, 4.69) is 39.6 Å². The maximum Gasteiger partial charge on any atom is 0.238 e. The third-order valence-corrected chi connectivity index (χ3v) is 5.93. The number of carbonyl (C=O) groups is 2. The van der Waals surface area contributed by atoms with Crippen molar-refractivity contribution in [3.05, 3.63) is 60.8 Å². The third kappa shape index (κ3) is 4.01. The molecule has 1 aliphatic heterocycles. The van der Waals surface area contributed by atoms with Crippen LogP contribution in [-0.2, 0) is 16.1 Å². The molecule has 3 aromatic rings. The van der Waals surface area contributed by atoms with E-state index < -0.39 is 0 Å². The van der Waals surface area contributed by atoms with Crippen molar-refractivity contribution in [1.82, 2.24) is 9.88 Å². The first-order valence-electron chi connectivity index (χ1n) is 9.08. The van der Waals surface area contributed by atoms with Crippen LogP contribution in [0, 0.1) is 0 Å². The summed E-state index contributed by atoms with van der Waals surface area (Å²) in [4.78, 5) is 25.4. The fraction of sp³-hybridized carbons (Fsp3) is 0.238. The van der Waals surface area contributed by atoms with Gasteiger partial charge in [-0.1, -0.05) is 30.3 Å². The Labute approximate surface area is 162 Å². The predicted molar refractivity (Wildman–Crippen MR) is 109 cm³/mol. The summed E-state index contributed by atoms with van der Waals surface area (Å²) in [5.74, 6) is -0.188. The molecular formula is C21H21N3O2S. The van der Waals surface area contributed by atoms with E-state index in [0.717, 1.165) is 23.5 Å². The maximum atomic E-state index is 12.2. The molecule has 0 spiro atoms. The predicted octanol–water partition coefficient (Wildman–Crippen LogP) is 3.65. The van der Waals surface area contributed by atoms with Gasteiger partial charge in [0, 0.05) is 36.1 Å². The number of nitrogens with zero attached hydrogens (tertiary/aromatic N) is 1. The van der Waals surface area contributed by atoms with Crippen molar-refractivity contribution in [3.8, 4) is 0 Å². The number of anilines is 1. The molecule has 0 radical (unpaired) electrons. The van der Waals surface area contributed by atoms with Crippen LogP contribution in [-0.4, -0.2) is 28.2 Å². The summed E-state index contributed by atoms with van der Waals surface area (Å²) < 4.78 is 2.20. The lowest BCUT2D eigenvalue weighted by Crippen LogP contribution is -2.35. The standard InChI is InChI=1S/C21H21N3O2S/c25-20(14-19-21(26)23-16-7-2-4-9-18(16)27-19)22-11-5-12-24-13-10-15-6-1-3-8-17(15)24/h1-4,6-10,13,19H,5,11-12,14H2,(H,22,25)(H,23,26)/t19-/m0/s1. The first kappa shape index (κ1) is 17.7. The Morgan fingerprint density at radius 1 is 1.11 bits per heavy atom. The number of amides is 2. The number of thioether (sulfide) groups is 1. The highest BCUT2D eigenvalue weighted by Gasteiger charge is 2.28. The zero-order valence-electron chi connectivity index (χ0n) is 14.9. The molecule has 27 heavy (non-hydrogen) atoms. The highest BCUT2D eigenvalue weighted by Crippen LogP contribution is 2.36. The molecule has 2 aromatic carbocycles. The summed E-state index contributed by atoms with van der Waals surface area (Å²) in [7, 11) is 0. The van der Waals surface area contributed by atoms with Gasteiger partial charge >= 0.3 is 0 Å². The second-order valence-corrected chi connectivity index (χ2v) is 7.81. The van der Waals surface area contributed by atoms with Crippen molar-refractivity contribution >= 4 is 40.2 Å². The van der Waals surface area contributed by atoms with Gasteiger partial charge in [-0.25, -0.2) is 0 Å². The fourth-order valence-corrected chi connectivity index (χ4v) is 4.39. The number of para-hydroxylation sites is 2. The quantitative estimate of drug-likeness (QED) is 0.643. The normalized spacial score (nSPS) is 16.0. The molecular weight excluding hydrogens is 358 g/mol. The van der Waals surface area contributed by atoms with Crippen LogP contribution in [0.5, 0.6) is 0 Å². The Balaban J connectivity index is 1.25. The van der Waals surface area contributed by atoms with Gasteiger partial charge in [-0.05, 0) is 36.1 Å². The average molecular weight is 379 g/mol. The Morgan fingerprint density at radius 2 is 1.93 bits per heavy atom. The van der Waals surface area contributed by atoms with Crippen LogP contribution in [0.3, 0.4) is 0 Å². The van der Waals surface area contributed by atoms with Gasteiger partial charge in [-0.3, -0.25) is 9.59 Å². The Kier molecular flexibility index (Phi) is 5.16. The van der Waals surface area contributed by atoms with Gasteiger partial charge in [0.05, 0.1) is 10.9 Å². The zero-order valence-corrected chi connectivity index (χ0v) is 15.7. The number of hydrogen-bond donors (Lipinski definition) is 2. The van der Waals surface area contributed by atoms with Crippen molar-refractivity contribution in [2.75, 3.05) is 11.9 Å². The maximum absolute atomic E-state index is 12.2. The lowest BCUT2D eigenvalue weighted by atomic mass is 10.2. The van der Waals surface area contributed by atoms with E-state index in [4.69, 9.17) is 0 Å². The Hall–Kier alpha value is -2.73. The summed E-state index contributed by atoms with van der Waals surface area (Å²) in [6, 6.07) is 18.0. The van der Waals surface area contributed by atoms with Crippen molar-refractivity contribution in [2.24, 2.45) is 0 Å². The molecule has 1 aliphatic rings. The minimum Gasteiger partial charge on any atom is -0.356 e. The number of fused-ring (bicyclic) bond motifs is 2. The molecule has 0 aliphatic carbocycles. The second-order valence-electron chi connectivity index (χ2n) is 6.57. The summed E-state index contributed by atoms with van der Waals surface area (Å²) >= 11 is 1.46. The van der Waals surface area contributed by atoms with E-state index in [0.29, 0.717) is 6.54 Å². The first-order chi connectivity index (χ1) is 13.2. The number of benzene rings is 2. The number of nitrogens with one attached hydrogen (secondary N) is 2. The van der Waals surface area contributed by atoms with Crippen LogP contribution < -0.4 is 10.6 Å². The minimum atomic E-state index is -0.381. The molecule has 4 rings (SSSR count). The largest absolute Gasteiger partial charge is 0.356 e. The number of aryl methyl sites for hydroxylation is 1. The fourth-order valence-electron chi connectivity index (χ4n) is 3.28. The second kappa shape index (κ2) is 7.88. The number of rotatable bonds is 6. The molecule has 0 saturated heterocycles. The van der Waals surface area contributed by atoms with Crippen LogP contribution in [0.15, 0.2) is 65.7 Å². The van der Waals surface area contributed by atoms with E-state index in [-0.39, 0.29) is 23.5 Å². The highest BCUT2D eigenvalue weighted by molar-refractivity contribution is 8.01. The summed E-state index contributed by atoms with van der Waals surface area (Å²) in [6.45, 7) is 1.45. The van der Waals surface area contributed by atoms with Gasteiger partial charge in [0.25, 0.3) is 0 Å². The van der Waals surface area contributed by atoms with Gasteiger partial charge in [-0.15, -0.1) is 11.8 Å². The molecule has 0 saturated carbocycles. The average Bonchev–Trinajstić information content (AvgIpc) is 3.09. The topological polar surface area (TPSA) is 63.1 Å². The van der Waals surface area contributed by atoms with E-state index in [9.17, 15) is 9.59 Å². The Morgan fingerprint density at radius 3 is 2.85 bits per heavy atom. The van der Waals surface area contributed by atoms with E-state index >= 15 is 0 Å². The van der Waals surface area contributed by atoms with E-state index in [1.807, 2.05) is 36.4 Å². The minimum absolute atomic E-state index is 0.0839. The molecule has 6 heteroatoms. The number of hydrogen-bond acceptors (Lipinski definition) is 3.